The monoisotopic (exact) mass is 281 g/mol. The van der Waals surface area contributed by atoms with Crippen LogP contribution in [-0.2, 0) is 9.53 Å². The van der Waals surface area contributed by atoms with Crippen molar-refractivity contribution in [3.8, 4) is 0 Å². The number of halogens is 4. The largest absolute Gasteiger partial charge is 0.480 e. The van der Waals surface area contributed by atoms with Crippen molar-refractivity contribution in [1.82, 2.24) is 4.90 Å². The fraction of sp³-hybridized carbons (Fsp3) is 0.875. The summed E-state index contributed by atoms with van der Waals surface area (Å²) in [5.41, 5.74) is 0. The number of methoxy groups -OCH3 is 1. The van der Waals surface area contributed by atoms with Gasteiger partial charge in [-0.15, -0.1) is 12.4 Å². The van der Waals surface area contributed by atoms with Crippen molar-refractivity contribution in [2.75, 3.05) is 33.4 Å². The number of hydrogen-bond donors (Lipinski definition) is 2. The van der Waals surface area contributed by atoms with Gasteiger partial charge in [0.1, 0.15) is 0 Å². The smallest absolute Gasteiger partial charge is 0.415 e. The summed E-state index contributed by atoms with van der Waals surface area (Å²) < 4.78 is 40.7. The molecule has 9 heteroatoms. The fourth-order valence-electron chi connectivity index (χ4n) is 0.995. The first kappa shape index (κ1) is 18.8. The number of alkyl halides is 3. The van der Waals surface area contributed by atoms with Crippen molar-refractivity contribution in [1.29, 1.82) is 0 Å². The third-order valence-corrected chi connectivity index (χ3v) is 1.78. The van der Waals surface area contributed by atoms with Crippen LogP contribution in [0.3, 0.4) is 0 Å². The van der Waals surface area contributed by atoms with Gasteiger partial charge in [0.2, 0.25) is 0 Å². The van der Waals surface area contributed by atoms with Crippen LogP contribution in [0.25, 0.3) is 0 Å². The Labute approximate surface area is 103 Å². The van der Waals surface area contributed by atoms with E-state index in [0.717, 1.165) is 4.90 Å². The van der Waals surface area contributed by atoms with E-state index in [1.807, 2.05) is 0 Å². The molecule has 0 saturated heterocycles. The number of carbonyl (C=O) groups is 1. The van der Waals surface area contributed by atoms with Crippen molar-refractivity contribution in [2.24, 2.45) is 0 Å². The summed E-state index contributed by atoms with van der Waals surface area (Å²) in [4.78, 5) is 11.3. The first-order valence-corrected chi connectivity index (χ1v) is 4.45. The topological polar surface area (TPSA) is 70.0 Å². The molecule has 0 aromatic rings. The summed E-state index contributed by atoms with van der Waals surface area (Å²) in [6.07, 6.45) is -7.30. The Kier molecular flexibility index (Phi) is 9.40. The summed E-state index contributed by atoms with van der Waals surface area (Å²) in [6.45, 7) is -1.25. The van der Waals surface area contributed by atoms with E-state index < -0.39 is 31.3 Å². The summed E-state index contributed by atoms with van der Waals surface area (Å²) in [7, 11) is 1.35. The molecule has 0 aliphatic rings. The van der Waals surface area contributed by atoms with Crippen molar-refractivity contribution in [2.45, 2.75) is 12.3 Å². The molecule has 0 aliphatic heterocycles. The fourth-order valence-corrected chi connectivity index (χ4v) is 0.995. The molecular formula is C8H15ClF3NO4. The van der Waals surface area contributed by atoms with Crippen LogP contribution in [-0.4, -0.2) is 66.7 Å². The van der Waals surface area contributed by atoms with E-state index in [9.17, 15) is 18.0 Å². The molecule has 0 spiro atoms. The van der Waals surface area contributed by atoms with Gasteiger partial charge in [-0.3, -0.25) is 9.69 Å². The highest BCUT2D eigenvalue weighted by Crippen LogP contribution is 2.20. The molecule has 0 aliphatic carbocycles. The zero-order valence-corrected chi connectivity index (χ0v) is 9.92. The van der Waals surface area contributed by atoms with Gasteiger partial charge in [0, 0.05) is 20.2 Å². The molecule has 0 aromatic carbocycles. The minimum Gasteiger partial charge on any atom is -0.480 e. The molecule has 5 nitrogen and oxygen atoms in total. The van der Waals surface area contributed by atoms with Crippen LogP contribution in [0.15, 0.2) is 0 Å². The van der Waals surface area contributed by atoms with Gasteiger partial charge in [-0.2, -0.15) is 13.2 Å². The molecule has 0 bridgehead atoms. The number of ether oxygens (including phenoxy) is 1. The lowest BCUT2D eigenvalue weighted by Crippen LogP contribution is -2.44. The van der Waals surface area contributed by atoms with Crippen LogP contribution in [0.4, 0.5) is 13.2 Å². The normalized spacial score (nSPS) is 13.3. The summed E-state index contributed by atoms with van der Waals surface area (Å²) in [6, 6.07) is 0. The first-order chi connectivity index (χ1) is 7.27. The zero-order valence-electron chi connectivity index (χ0n) is 9.11. The number of aliphatic hydroxyl groups excluding tert-OH is 1. The number of hydrogen-bond acceptors (Lipinski definition) is 4. The number of rotatable bonds is 7. The van der Waals surface area contributed by atoms with Crippen LogP contribution in [0.5, 0.6) is 0 Å². The Morgan fingerprint density at radius 1 is 1.47 bits per heavy atom. The maximum atomic E-state index is 12.0. The highest BCUT2D eigenvalue weighted by atomic mass is 35.5. The predicted molar refractivity (Wildman–Crippen MR) is 55.3 cm³/mol. The minimum atomic E-state index is -4.75. The number of aliphatic hydroxyl groups is 1. The SMILES string of the molecule is COCCN(CC(=O)O)CC(O)C(F)(F)F.Cl. The third-order valence-electron chi connectivity index (χ3n) is 1.78. The second-order valence-electron chi connectivity index (χ2n) is 3.18. The van der Waals surface area contributed by atoms with Crippen LogP contribution >= 0.6 is 12.4 Å². The molecule has 1 unspecified atom stereocenters. The maximum absolute atomic E-state index is 12.0. The standard InChI is InChI=1S/C8H14F3NO4.ClH/c1-16-3-2-12(5-7(14)15)4-6(13)8(9,10)11;/h6,13H,2-5H2,1H3,(H,14,15);1H. The van der Waals surface area contributed by atoms with Gasteiger partial charge in [-0.1, -0.05) is 0 Å². The van der Waals surface area contributed by atoms with Crippen LogP contribution in [0, 0.1) is 0 Å². The van der Waals surface area contributed by atoms with Crippen molar-refractivity contribution in [3.63, 3.8) is 0 Å². The number of nitrogens with zero attached hydrogens (tertiary/aromatic N) is 1. The van der Waals surface area contributed by atoms with Crippen molar-refractivity contribution < 1.29 is 32.9 Å². The molecule has 0 rings (SSSR count). The van der Waals surface area contributed by atoms with E-state index in [1.54, 1.807) is 0 Å². The molecule has 104 valence electrons. The lowest BCUT2D eigenvalue weighted by molar-refractivity contribution is -0.208. The van der Waals surface area contributed by atoms with Gasteiger partial charge in [0.15, 0.2) is 6.10 Å². The highest BCUT2D eigenvalue weighted by molar-refractivity contribution is 5.85. The molecule has 0 amide bonds. The quantitative estimate of drug-likeness (QED) is 0.705. The van der Waals surface area contributed by atoms with Gasteiger partial charge in [-0.25, -0.2) is 0 Å². The molecule has 17 heavy (non-hydrogen) atoms. The lowest BCUT2D eigenvalue weighted by atomic mass is 10.3. The molecule has 0 heterocycles. The van der Waals surface area contributed by atoms with Crippen molar-refractivity contribution in [3.05, 3.63) is 0 Å². The number of aliphatic carboxylic acids is 1. The molecule has 0 aromatic heterocycles. The molecular weight excluding hydrogens is 267 g/mol. The first-order valence-electron chi connectivity index (χ1n) is 4.45. The molecule has 1 atom stereocenters. The third kappa shape index (κ3) is 9.16. The average molecular weight is 282 g/mol. The summed E-state index contributed by atoms with van der Waals surface area (Å²) in [5, 5.41) is 17.2. The predicted octanol–water partition coefficient (Wildman–Crippen LogP) is 0.364. The Balaban J connectivity index is 0. The van der Waals surface area contributed by atoms with E-state index >= 15 is 0 Å². The highest BCUT2D eigenvalue weighted by Gasteiger charge is 2.39. The van der Waals surface area contributed by atoms with E-state index in [-0.39, 0.29) is 25.6 Å². The number of carboxylic acids is 1. The Morgan fingerprint density at radius 2 is 2.00 bits per heavy atom. The van der Waals surface area contributed by atoms with E-state index in [4.69, 9.17) is 10.2 Å². The Morgan fingerprint density at radius 3 is 2.35 bits per heavy atom. The van der Waals surface area contributed by atoms with Crippen LogP contribution < -0.4 is 0 Å². The van der Waals surface area contributed by atoms with Gasteiger partial charge in [0.05, 0.1) is 13.2 Å². The Bertz CT molecular complexity index is 227. The maximum Gasteiger partial charge on any atom is 0.415 e. The molecule has 0 fully saturated rings. The molecule has 0 saturated carbocycles. The zero-order chi connectivity index (χ0) is 12.8. The lowest BCUT2D eigenvalue weighted by Gasteiger charge is -2.24. The second-order valence-corrected chi connectivity index (χ2v) is 3.18. The minimum absolute atomic E-state index is 0. The van der Waals surface area contributed by atoms with Gasteiger partial charge >= 0.3 is 12.1 Å². The van der Waals surface area contributed by atoms with E-state index in [1.165, 1.54) is 7.11 Å². The average Bonchev–Trinajstić information content (AvgIpc) is 2.11. The van der Waals surface area contributed by atoms with Gasteiger partial charge < -0.3 is 14.9 Å². The van der Waals surface area contributed by atoms with Gasteiger partial charge in [-0.05, 0) is 0 Å². The summed E-state index contributed by atoms with van der Waals surface area (Å²) in [5.74, 6) is -1.26. The van der Waals surface area contributed by atoms with Crippen LogP contribution in [0.2, 0.25) is 0 Å². The van der Waals surface area contributed by atoms with E-state index in [2.05, 4.69) is 4.74 Å². The Hall–Kier alpha value is -0.570. The molecule has 0 radical (unpaired) electrons. The second kappa shape index (κ2) is 8.51. The summed E-state index contributed by atoms with van der Waals surface area (Å²) >= 11 is 0. The number of carboxylic acid groups (broad SMARTS) is 1. The van der Waals surface area contributed by atoms with Crippen molar-refractivity contribution >= 4 is 18.4 Å². The molecule has 2 N–H and O–H groups in total. The van der Waals surface area contributed by atoms with E-state index in [0.29, 0.717) is 0 Å². The van der Waals surface area contributed by atoms with Gasteiger partial charge in [0.25, 0.3) is 0 Å². The van der Waals surface area contributed by atoms with Crippen LogP contribution in [0.1, 0.15) is 0 Å².